The molecule has 1 N–H and O–H groups in total. The van der Waals surface area contributed by atoms with Crippen molar-refractivity contribution < 1.29 is 4.42 Å². The number of hydrogen-bond donors (Lipinski definition) is 1. The van der Waals surface area contributed by atoms with Gasteiger partial charge in [-0.1, -0.05) is 6.07 Å². The van der Waals surface area contributed by atoms with Gasteiger partial charge >= 0.3 is 0 Å². The van der Waals surface area contributed by atoms with Crippen LogP contribution in [0.2, 0.25) is 0 Å². The van der Waals surface area contributed by atoms with Crippen molar-refractivity contribution in [1.82, 2.24) is 15.1 Å². The molecule has 1 aromatic heterocycles. The van der Waals surface area contributed by atoms with Gasteiger partial charge in [0.1, 0.15) is 6.04 Å². The van der Waals surface area contributed by atoms with Crippen molar-refractivity contribution in [3.63, 3.8) is 0 Å². The fraction of sp³-hybridized carbons (Fsp3) is 0.579. The average molecular weight is 341 g/mol. The van der Waals surface area contributed by atoms with Crippen LogP contribution in [0.1, 0.15) is 37.6 Å². The van der Waals surface area contributed by atoms with E-state index in [0.717, 1.165) is 24.7 Å². The highest BCUT2D eigenvalue weighted by atomic mass is 16.4. The van der Waals surface area contributed by atoms with Gasteiger partial charge in [-0.2, -0.15) is 0 Å². The lowest BCUT2D eigenvalue weighted by atomic mass is 10.2. The molecule has 2 aliphatic rings. The lowest BCUT2D eigenvalue weighted by molar-refractivity contribution is 0.248. The first-order chi connectivity index (χ1) is 12.2. The maximum absolute atomic E-state index is 5.51. The molecule has 4 rings (SSSR count). The summed E-state index contributed by atoms with van der Waals surface area (Å²) in [4.78, 5) is 5.10. The van der Waals surface area contributed by atoms with Crippen LogP contribution in [0.25, 0.3) is 0 Å². The Morgan fingerprint density at radius 2 is 2.00 bits per heavy atom. The van der Waals surface area contributed by atoms with Crippen LogP contribution in [-0.4, -0.2) is 47.8 Å². The van der Waals surface area contributed by atoms with E-state index in [0.29, 0.717) is 11.8 Å². The molecule has 0 bridgehead atoms. The second-order valence-corrected chi connectivity index (χ2v) is 7.31. The van der Waals surface area contributed by atoms with E-state index in [4.69, 9.17) is 4.42 Å². The number of piperazine rings is 1. The summed E-state index contributed by atoms with van der Waals surface area (Å²) in [6.45, 7) is 9.71. The number of aryl methyl sites for hydroxylation is 1. The van der Waals surface area contributed by atoms with Crippen molar-refractivity contribution in [2.45, 2.75) is 32.7 Å². The lowest BCUT2D eigenvalue weighted by Gasteiger charge is -2.36. The van der Waals surface area contributed by atoms with E-state index >= 15 is 0 Å². The predicted octanol–water partition coefficient (Wildman–Crippen LogP) is 3.08. The monoisotopic (exact) mass is 341 g/mol. The molecule has 6 heteroatoms. The molecule has 1 saturated carbocycles. The predicted molar refractivity (Wildman–Crippen MR) is 98.9 cm³/mol. The Bertz CT molecular complexity index is 703. The molecule has 25 heavy (non-hydrogen) atoms. The summed E-state index contributed by atoms with van der Waals surface area (Å²) in [5.74, 6) is 2.20. The minimum Gasteiger partial charge on any atom is -0.423 e. The summed E-state index contributed by atoms with van der Waals surface area (Å²) >= 11 is 0. The van der Waals surface area contributed by atoms with Gasteiger partial charge < -0.3 is 14.6 Å². The molecular formula is C19H27N5O. The van der Waals surface area contributed by atoms with Crippen LogP contribution in [0, 0.1) is 12.8 Å². The van der Waals surface area contributed by atoms with Gasteiger partial charge in [0.05, 0.1) is 0 Å². The zero-order chi connectivity index (χ0) is 17.2. The Kier molecular flexibility index (Phi) is 4.61. The van der Waals surface area contributed by atoms with Gasteiger partial charge in [-0.3, -0.25) is 4.90 Å². The van der Waals surface area contributed by atoms with Crippen LogP contribution in [0.15, 0.2) is 28.7 Å². The molecular weight excluding hydrogens is 314 g/mol. The Labute approximate surface area is 149 Å². The van der Waals surface area contributed by atoms with Crippen molar-refractivity contribution in [2.24, 2.45) is 5.92 Å². The quantitative estimate of drug-likeness (QED) is 0.871. The smallest absolute Gasteiger partial charge is 0.238 e. The summed E-state index contributed by atoms with van der Waals surface area (Å²) in [6.07, 6.45) is 2.87. The molecule has 6 nitrogen and oxygen atoms in total. The van der Waals surface area contributed by atoms with Gasteiger partial charge in [0.15, 0.2) is 0 Å². The van der Waals surface area contributed by atoms with E-state index in [2.05, 4.69) is 49.6 Å². The number of anilines is 2. The Morgan fingerprint density at radius 1 is 1.20 bits per heavy atom. The zero-order valence-electron chi connectivity index (χ0n) is 15.1. The highest BCUT2D eigenvalue weighted by molar-refractivity contribution is 5.58. The Hall–Kier alpha value is -2.08. The molecule has 1 unspecified atom stereocenters. The second kappa shape index (κ2) is 7.04. The summed E-state index contributed by atoms with van der Waals surface area (Å²) in [5.41, 5.74) is 2.37. The molecule has 0 radical (unpaired) electrons. The van der Waals surface area contributed by atoms with E-state index in [-0.39, 0.29) is 6.04 Å². The normalized spacial score (nSPS) is 19.8. The van der Waals surface area contributed by atoms with Gasteiger partial charge in [-0.05, 0) is 43.9 Å². The van der Waals surface area contributed by atoms with E-state index < -0.39 is 0 Å². The molecule has 1 atom stereocenters. The van der Waals surface area contributed by atoms with Gasteiger partial charge in [-0.25, -0.2) is 0 Å². The minimum absolute atomic E-state index is 0.00756. The Morgan fingerprint density at radius 3 is 2.68 bits per heavy atom. The largest absolute Gasteiger partial charge is 0.423 e. The number of nitrogens with one attached hydrogen (secondary N) is 1. The second-order valence-electron chi connectivity index (χ2n) is 7.31. The Balaban J connectivity index is 1.36. The van der Waals surface area contributed by atoms with Crippen molar-refractivity contribution in [1.29, 1.82) is 0 Å². The van der Waals surface area contributed by atoms with Gasteiger partial charge in [-0.15, -0.1) is 10.2 Å². The first kappa shape index (κ1) is 16.4. The number of rotatable bonds is 6. The van der Waals surface area contributed by atoms with Crippen LogP contribution in [-0.2, 0) is 0 Å². The lowest BCUT2D eigenvalue weighted by Crippen LogP contribution is -2.47. The van der Waals surface area contributed by atoms with Gasteiger partial charge in [0.2, 0.25) is 11.8 Å². The molecule has 2 aromatic rings. The highest BCUT2D eigenvalue weighted by Gasteiger charge is 2.26. The SMILES string of the molecule is Cc1nnc(C(C)Nc2cccc(N3CCN(CC4CC4)CC3)c2)o1. The van der Waals surface area contributed by atoms with Gasteiger partial charge in [0, 0.05) is 51.0 Å². The third-order valence-corrected chi connectivity index (χ3v) is 5.09. The van der Waals surface area contributed by atoms with Crippen molar-refractivity contribution in [2.75, 3.05) is 42.9 Å². The van der Waals surface area contributed by atoms with E-state index in [1.165, 1.54) is 38.2 Å². The molecule has 0 spiro atoms. The fourth-order valence-corrected chi connectivity index (χ4v) is 3.45. The van der Waals surface area contributed by atoms with Crippen molar-refractivity contribution in [3.8, 4) is 0 Å². The van der Waals surface area contributed by atoms with E-state index in [1.54, 1.807) is 0 Å². The number of hydrogen-bond acceptors (Lipinski definition) is 6. The highest BCUT2D eigenvalue weighted by Crippen LogP contribution is 2.30. The third kappa shape index (κ3) is 4.12. The summed E-state index contributed by atoms with van der Waals surface area (Å²) in [5, 5.41) is 11.5. The van der Waals surface area contributed by atoms with E-state index in [9.17, 15) is 0 Å². The first-order valence-corrected chi connectivity index (χ1v) is 9.31. The molecule has 134 valence electrons. The number of aromatic nitrogens is 2. The summed E-state index contributed by atoms with van der Waals surface area (Å²) < 4.78 is 5.51. The van der Waals surface area contributed by atoms with Gasteiger partial charge in [0.25, 0.3) is 0 Å². The standard InChI is InChI=1S/C19H27N5O/c1-14(19-22-21-15(2)25-19)20-17-4-3-5-18(12-17)24-10-8-23(9-11-24)13-16-6-7-16/h3-5,12,14,16,20H,6-11,13H2,1-2H3. The molecule has 1 aliphatic carbocycles. The molecule has 1 saturated heterocycles. The fourth-order valence-electron chi connectivity index (χ4n) is 3.45. The minimum atomic E-state index is -0.00756. The topological polar surface area (TPSA) is 57.4 Å². The zero-order valence-corrected chi connectivity index (χ0v) is 15.1. The molecule has 2 fully saturated rings. The van der Waals surface area contributed by atoms with Crippen molar-refractivity contribution in [3.05, 3.63) is 36.0 Å². The molecule has 1 aromatic carbocycles. The summed E-state index contributed by atoms with van der Waals surface area (Å²) in [7, 11) is 0. The maximum Gasteiger partial charge on any atom is 0.238 e. The molecule has 2 heterocycles. The third-order valence-electron chi connectivity index (χ3n) is 5.09. The number of nitrogens with zero attached hydrogens (tertiary/aromatic N) is 4. The number of benzene rings is 1. The van der Waals surface area contributed by atoms with Crippen molar-refractivity contribution >= 4 is 11.4 Å². The van der Waals surface area contributed by atoms with Crippen LogP contribution in [0.4, 0.5) is 11.4 Å². The molecule has 1 aliphatic heterocycles. The van der Waals surface area contributed by atoms with Crippen LogP contribution >= 0.6 is 0 Å². The van der Waals surface area contributed by atoms with Crippen LogP contribution < -0.4 is 10.2 Å². The first-order valence-electron chi connectivity index (χ1n) is 9.31. The average Bonchev–Trinajstić information content (AvgIpc) is 3.33. The van der Waals surface area contributed by atoms with E-state index in [1.807, 2.05) is 13.8 Å². The molecule has 0 amide bonds. The van der Waals surface area contributed by atoms with Crippen LogP contribution in [0.5, 0.6) is 0 Å². The summed E-state index contributed by atoms with van der Waals surface area (Å²) in [6, 6.07) is 8.61. The van der Waals surface area contributed by atoms with Crippen LogP contribution in [0.3, 0.4) is 0 Å². The maximum atomic E-state index is 5.51.